The molecule has 1 aromatic heterocycles. The molecule has 4 rings (SSSR count). The predicted octanol–water partition coefficient (Wildman–Crippen LogP) is 4.16. The van der Waals surface area contributed by atoms with Gasteiger partial charge in [-0.15, -0.1) is 11.3 Å². The van der Waals surface area contributed by atoms with Gasteiger partial charge in [0.05, 0.1) is 18.6 Å². The first kappa shape index (κ1) is 21.1. The second-order valence-electron chi connectivity index (χ2n) is 7.75. The van der Waals surface area contributed by atoms with Crippen LogP contribution < -0.4 is 10.1 Å². The topological polar surface area (TPSA) is 58.6 Å². The van der Waals surface area contributed by atoms with E-state index < -0.39 is 0 Å². The number of aryl methyl sites for hydroxylation is 1. The number of ether oxygens (including phenoxy) is 1. The molecule has 1 fully saturated rings. The molecular formula is C25H26N2O3S. The zero-order chi connectivity index (χ0) is 21.8. The summed E-state index contributed by atoms with van der Waals surface area (Å²) in [6.45, 7) is 3.38. The van der Waals surface area contributed by atoms with Crippen molar-refractivity contribution in [2.45, 2.75) is 13.3 Å². The highest BCUT2D eigenvalue weighted by Crippen LogP contribution is 2.33. The van der Waals surface area contributed by atoms with Crippen molar-refractivity contribution in [1.82, 2.24) is 10.2 Å². The first-order valence-electron chi connectivity index (χ1n) is 10.4. The van der Waals surface area contributed by atoms with Crippen molar-refractivity contribution in [3.8, 4) is 16.9 Å². The SMILES string of the molecule is COc1ccccc1-c1ccccc1C[C@H]1CN(C(=O)c2csc(C)c2)CCNC1=O. The van der Waals surface area contributed by atoms with Crippen molar-refractivity contribution in [3.63, 3.8) is 0 Å². The average molecular weight is 435 g/mol. The highest BCUT2D eigenvalue weighted by atomic mass is 32.1. The molecule has 1 aliphatic heterocycles. The smallest absolute Gasteiger partial charge is 0.254 e. The van der Waals surface area contributed by atoms with Crippen LogP contribution in [0.4, 0.5) is 0 Å². The zero-order valence-corrected chi connectivity index (χ0v) is 18.6. The minimum Gasteiger partial charge on any atom is -0.496 e. The molecule has 0 radical (unpaired) electrons. The second kappa shape index (κ2) is 9.35. The molecule has 0 bridgehead atoms. The van der Waals surface area contributed by atoms with Gasteiger partial charge in [-0.1, -0.05) is 42.5 Å². The van der Waals surface area contributed by atoms with Gasteiger partial charge in [0.15, 0.2) is 0 Å². The largest absolute Gasteiger partial charge is 0.496 e. The van der Waals surface area contributed by atoms with Gasteiger partial charge in [-0.05, 0) is 36.6 Å². The van der Waals surface area contributed by atoms with E-state index in [0.29, 0.717) is 31.6 Å². The van der Waals surface area contributed by atoms with Gasteiger partial charge in [0.2, 0.25) is 5.91 Å². The summed E-state index contributed by atoms with van der Waals surface area (Å²) >= 11 is 1.57. The van der Waals surface area contributed by atoms with Gasteiger partial charge < -0.3 is 15.0 Å². The predicted molar refractivity (Wildman–Crippen MR) is 124 cm³/mol. The number of thiophene rings is 1. The van der Waals surface area contributed by atoms with E-state index in [0.717, 1.165) is 27.3 Å². The molecule has 31 heavy (non-hydrogen) atoms. The molecule has 2 amide bonds. The molecule has 2 heterocycles. The summed E-state index contributed by atoms with van der Waals surface area (Å²) in [4.78, 5) is 28.8. The number of hydrogen-bond donors (Lipinski definition) is 1. The van der Waals surface area contributed by atoms with Crippen LogP contribution >= 0.6 is 11.3 Å². The van der Waals surface area contributed by atoms with Crippen LogP contribution in [-0.2, 0) is 11.2 Å². The summed E-state index contributed by atoms with van der Waals surface area (Å²) in [5.41, 5.74) is 3.80. The molecule has 0 saturated carbocycles. The van der Waals surface area contributed by atoms with E-state index in [4.69, 9.17) is 4.74 Å². The first-order chi connectivity index (χ1) is 15.1. The van der Waals surface area contributed by atoms with Gasteiger partial charge in [0.1, 0.15) is 5.75 Å². The lowest BCUT2D eigenvalue weighted by molar-refractivity contribution is -0.124. The Kier molecular flexibility index (Phi) is 6.37. The first-order valence-corrected chi connectivity index (χ1v) is 11.3. The van der Waals surface area contributed by atoms with Gasteiger partial charge in [-0.25, -0.2) is 0 Å². The number of methoxy groups -OCH3 is 1. The maximum absolute atomic E-state index is 13.0. The Balaban J connectivity index is 1.61. The maximum Gasteiger partial charge on any atom is 0.254 e. The number of benzene rings is 2. The Morgan fingerprint density at radius 3 is 2.65 bits per heavy atom. The van der Waals surface area contributed by atoms with Gasteiger partial charge >= 0.3 is 0 Å². The number of nitrogens with one attached hydrogen (secondary N) is 1. The highest BCUT2D eigenvalue weighted by molar-refractivity contribution is 7.10. The van der Waals surface area contributed by atoms with E-state index in [1.165, 1.54) is 0 Å². The highest BCUT2D eigenvalue weighted by Gasteiger charge is 2.29. The standard InChI is InChI=1S/C25H26N2O3S/c1-17-13-20(16-31-17)25(29)27-12-11-26-24(28)19(15-27)14-18-7-3-4-8-21(18)22-9-5-6-10-23(22)30-2/h3-10,13,16,19H,11-12,14-15H2,1-2H3,(H,26,28)/t19-/m0/s1. The molecule has 0 spiro atoms. The third-order valence-corrected chi connectivity index (χ3v) is 6.50. The molecule has 1 atom stereocenters. The van der Waals surface area contributed by atoms with Gasteiger partial charge in [-0.3, -0.25) is 9.59 Å². The summed E-state index contributed by atoms with van der Waals surface area (Å²) in [7, 11) is 1.66. The molecule has 0 unspecified atom stereocenters. The minimum atomic E-state index is -0.318. The summed E-state index contributed by atoms with van der Waals surface area (Å²) in [6.07, 6.45) is 0.548. The zero-order valence-electron chi connectivity index (χ0n) is 17.8. The Morgan fingerprint density at radius 1 is 1.16 bits per heavy atom. The molecule has 5 nitrogen and oxygen atoms in total. The van der Waals surface area contributed by atoms with E-state index in [-0.39, 0.29) is 17.7 Å². The molecule has 2 aromatic carbocycles. The van der Waals surface area contributed by atoms with Crippen LogP contribution in [0.5, 0.6) is 5.75 Å². The maximum atomic E-state index is 13.0. The fourth-order valence-corrected chi connectivity index (χ4v) is 4.75. The third kappa shape index (κ3) is 4.64. The van der Waals surface area contributed by atoms with Gasteiger partial charge in [0.25, 0.3) is 5.91 Å². The Hall–Kier alpha value is -3.12. The van der Waals surface area contributed by atoms with Crippen LogP contribution in [0, 0.1) is 12.8 Å². The molecule has 3 aromatic rings. The Morgan fingerprint density at radius 2 is 1.90 bits per heavy atom. The van der Waals surface area contributed by atoms with Crippen LogP contribution in [-0.4, -0.2) is 43.5 Å². The minimum absolute atomic E-state index is 0.00775. The summed E-state index contributed by atoms with van der Waals surface area (Å²) in [6, 6.07) is 17.9. The van der Waals surface area contributed by atoms with E-state index in [1.807, 2.05) is 60.8 Å². The fourth-order valence-electron chi connectivity index (χ4n) is 4.07. The second-order valence-corrected chi connectivity index (χ2v) is 8.86. The molecule has 1 aliphatic rings. The van der Waals surface area contributed by atoms with E-state index >= 15 is 0 Å². The van der Waals surface area contributed by atoms with Crippen LogP contribution in [0.3, 0.4) is 0 Å². The number of rotatable bonds is 5. The lowest BCUT2D eigenvalue weighted by Crippen LogP contribution is -2.37. The number of amides is 2. The molecule has 1 N–H and O–H groups in total. The average Bonchev–Trinajstić information content (AvgIpc) is 3.15. The molecule has 6 heteroatoms. The normalized spacial score (nSPS) is 16.5. The Bertz CT molecular complexity index is 1090. The van der Waals surface area contributed by atoms with Crippen molar-refractivity contribution in [1.29, 1.82) is 0 Å². The van der Waals surface area contributed by atoms with Crippen molar-refractivity contribution >= 4 is 23.2 Å². The number of nitrogens with zero attached hydrogens (tertiary/aromatic N) is 1. The van der Waals surface area contributed by atoms with Crippen LogP contribution in [0.15, 0.2) is 60.0 Å². The number of carbonyl (C=O) groups excluding carboxylic acids is 2. The molecule has 160 valence electrons. The van der Waals surface area contributed by atoms with Crippen molar-refractivity contribution in [2.24, 2.45) is 5.92 Å². The van der Waals surface area contributed by atoms with E-state index in [2.05, 4.69) is 11.4 Å². The number of hydrogen-bond acceptors (Lipinski definition) is 4. The quantitative estimate of drug-likeness (QED) is 0.656. The van der Waals surface area contributed by atoms with E-state index in [1.54, 1.807) is 23.3 Å². The summed E-state index contributed by atoms with van der Waals surface area (Å²) in [5.74, 6) is 0.461. The van der Waals surface area contributed by atoms with E-state index in [9.17, 15) is 9.59 Å². The Labute approximate surface area is 186 Å². The van der Waals surface area contributed by atoms with Crippen LogP contribution in [0.1, 0.15) is 20.8 Å². The van der Waals surface area contributed by atoms with Gasteiger partial charge in [0, 0.05) is 35.5 Å². The monoisotopic (exact) mass is 434 g/mol. The molecular weight excluding hydrogens is 408 g/mol. The van der Waals surface area contributed by atoms with Crippen molar-refractivity contribution in [3.05, 3.63) is 76.0 Å². The van der Waals surface area contributed by atoms with Crippen molar-refractivity contribution in [2.75, 3.05) is 26.7 Å². The van der Waals surface area contributed by atoms with Gasteiger partial charge in [-0.2, -0.15) is 0 Å². The van der Waals surface area contributed by atoms with Crippen LogP contribution in [0.25, 0.3) is 11.1 Å². The molecule has 1 saturated heterocycles. The summed E-state index contributed by atoms with van der Waals surface area (Å²) in [5, 5.41) is 4.88. The number of para-hydroxylation sites is 1. The number of carbonyl (C=O) groups is 2. The fraction of sp³-hybridized carbons (Fsp3) is 0.280. The summed E-state index contributed by atoms with van der Waals surface area (Å²) < 4.78 is 5.55. The lowest BCUT2D eigenvalue weighted by atomic mass is 9.91. The lowest BCUT2D eigenvalue weighted by Gasteiger charge is -2.23. The molecule has 0 aliphatic carbocycles. The third-order valence-electron chi connectivity index (χ3n) is 5.64. The van der Waals surface area contributed by atoms with Crippen LogP contribution in [0.2, 0.25) is 0 Å². The van der Waals surface area contributed by atoms with Crippen molar-refractivity contribution < 1.29 is 14.3 Å².